The minimum atomic E-state index is -1.34. The van der Waals surface area contributed by atoms with E-state index in [1.165, 1.54) is 12.1 Å². The number of nitrogens with one attached hydrogen (secondary N) is 2. The molecule has 2 aromatic carbocycles. The van der Waals surface area contributed by atoms with E-state index >= 15 is 4.39 Å². The molecular weight excluding hydrogens is 510 g/mol. The van der Waals surface area contributed by atoms with E-state index in [1.807, 2.05) is 0 Å². The fraction of sp³-hybridized carbons (Fsp3) is 0.533. The molecule has 4 atom stereocenters. The zero-order valence-electron chi connectivity index (χ0n) is 22.0. The van der Waals surface area contributed by atoms with E-state index in [4.69, 9.17) is 11.6 Å². The summed E-state index contributed by atoms with van der Waals surface area (Å²) in [5.41, 5.74) is -0.393. The molecule has 2 aliphatic heterocycles. The van der Waals surface area contributed by atoms with E-state index in [1.54, 1.807) is 18.2 Å². The van der Waals surface area contributed by atoms with Gasteiger partial charge in [-0.15, -0.1) is 0 Å². The van der Waals surface area contributed by atoms with Gasteiger partial charge in [-0.1, -0.05) is 50.6 Å². The largest absolute Gasteiger partial charge is 0.393 e. The summed E-state index contributed by atoms with van der Waals surface area (Å²) in [5.74, 6) is -3.38. The Morgan fingerprint density at radius 3 is 2.53 bits per heavy atom. The van der Waals surface area contributed by atoms with Gasteiger partial charge in [0.2, 0.25) is 5.91 Å². The fourth-order valence-electron chi connectivity index (χ4n) is 6.96. The Labute approximate surface area is 227 Å². The first-order valence-corrected chi connectivity index (χ1v) is 13.8. The van der Waals surface area contributed by atoms with Crippen molar-refractivity contribution in [1.29, 1.82) is 0 Å². The highest BCUT2D eigenvalue weighted by Crippen LogP contribution is 2.57. The lowest BCUT2D eigenvalue weighted by Crippen LogP contribution is -2.49. The quantitative estimate of drug-likeness (QED) is 0.439. The smallest absolute Gasteiger partial charge is 0.237 e. The lowest BCUT2D eigenvalue weighted by Gasteiger charge is -2.37. The number of carbonyl (C=O) groups excluding carboxylic acids is 2. The molecule has 0 aromatic heterocycles. The monoisotopic (exact) mass is 544 g/mol. The van der Waals surface area contributed by atoms with E-state index in [2.05, 4.69) is 31.4 Å². The van der Waals surface area contributed by atoms with Crippen LogP contribution in [0.3, 0.4) is 0 Å². The first-order valence-electron chi connectivity index (χ1n) is 13.4. The number of ketones is 1. The Balaban J connectivity index is 1.67. The van der Waals surface area contributed by atoms with Crippen molar-refractivity contribution in [3.63, 3.8) is 0 Å². The Bertz CT molecular complexity index is 1250. The van der Waals surface area contributed by atoms with Crippen LogP contribution in [0.5, 0.6) is 0 Å². The molecule has 1 saturated carbocycles. The number of halogens is 3. The summed E-state index contributed by atoms with van der Waals surface area (Å²) in [6.45, 7) is 6.16. The highest BCUT2D eigenvalue weighted by Gasteiger charge is 2.66. The average Bonchev–Trinajstić information content (AvgIpc) is 3.31. The third-order valence-corrected chi connectivity index (χ3v) is 8.83. The second-order valence-electron chi connectivity index (χ2n) is 12.4. The van der Waals surface area contributed by atoms with Crippen LogP contribution in [-0.2, 0) is 15.0 Å². The predicted molar refractivity (Wildman–Crippen MR) is 143 cm³/mol. The molecule has 2 aromatic rings. The minimum absolute atomic E-state index is 0.0178. The SMILES string of the molecule is CC(C)(C)C[C@H]1N[C@@H](C(=O)CC2CCC(O)CC2)[C@H](c2cccc(F)c2F)[C@@]12C(=O)Nc1cc(Cl)ccc12. The molecule has 5 rings (SSSR count). The molecule has 0 radical (unpaired) electrons. The molecule has 1 amide bonds. The fourth-order valence-corrected chi connectivity index (χ4v) is 7.14. The maximum Gasteiger partial charge on any atom is 0.237 e. The molecule has 3 N–H and O–H groups in total. The molecule has 1 aliphatic carbocycles. The van der Waals surface area contributed by atoms with E-state index in [0.717, 1.165) is 18.9 Å². The van der Waals surface area contributed by atoms with Gasteiger partial charge in [0.05, 0.1) is 12.1 Å². The number of anilines is 1. The van der Waals surface area contributed by atoms with E-state index in [-0.39, 0.29) is 41.1 Å². The number of fused-ring (bicyclic) bond motifs is 2. The molecule has 0 unspecified atom stereocenters. The lowest BCUT2D eigenvalue weighted by molar-refractivity contribution is -0.123. The van der Waals surface area contributed by atoms with Crippen molar-refractivity contribution in [1.82, 2.24) is 5.32 Å². The first kappa shape index (κ1) is 27.2. The molecule has 5 nitrogen and oxygen atoms in total. The summed E-state index contributed by atoms with van der Waals surface area (Å²) < 4.78 is 30.2. The van der Waals surface area contributed by atoms with Gasteiger partial charge in [0.25, 0.3) is 0 Å². The second kappa shape index (κ2) is 10.00. The van der Waals surface area contributed by atoms with E-state index in [0.29, 0.717) is 35.5 Å². The highest BCUT2D eigenvalue weighted by atomic mass is 35.5. The standard InChI is InChI=1S/C30H35ClF2N2O3/c1-29(2,3)15-24-30(20-12-9-17(31)14-22(20)34-28(30)38)25(19-5-4-6-21(32)26(19)33)27(35-24)23(37)13-16-7-10-18(36)11-8-16/h4-6,9,12,14,16,18,24-25,27,35-36H,7-8,10-11,13,15H2,1-3H3,(H,34,38)/t16?,18?,24-,25+,27+,30+/m1/s1. The van der Waals surface area contributed by atoms with Gasteiger partial charge in [-0.25, -0.2) is 8.78 Å². The number of hydrogen-bond acceptors (Lipinski definition) is 4. The van der Waals surface area contributed by atoms with Crippen LogP contribution in [0.4, 0.5) is 14.5 Å². The molecular formula is C30H35ClF2N2O3. The molecule has 38 heavy (non-hydrogen) atoms. The van der Waals surface area contributed by atoms with Crippen LogP contribution >= 0.6 is 11.6 Å². The molecule has 2 fully saturated rings. The third-order valence-electron chi connectivity index (χ3n) is 8.59. The third kappa shape index (κ3) is 4.67. The minimum Gasteiger partial charge on any atom is -0.393 e. The van der Waals surface area contributed by atoms with Gasteiger partial charge in [-0.3, -0.25) is 9.59 Å². The van der Waals surface area contributed by atoms with E-state index < -0.39 is 35.1 Å². The zero-order valence-corrected chi connectivity index (χ0v) is 22.7. The second-order valence-corrected chi connectivity index (χ2v) is 12.9. The topological polar surface area (TPSA) is 78.4 Å². The summed E-state index contributed by atoms with van der Waals surface area (Å²) in [7, 11) is 0. The van der Waals surface area contributed by atoms with Crippen LogP contribution in [0, 0.1) is 23.0 Å². The number of aliphatic hydroxyl groups is 1. The Morgan fingerprint density at radius 1 is 1.13 bits per heavy atom. The van der Waals surface area contributed by atoms with Gasteiger partial charge in [0, 0.05) is 29.1 Å². The molecule has 1 spiro atoms. The number of hydrogen-bond donors (Lipinski definition) is 3. The van der Waals surface area contributed by atoms with Crippen LogP contribution in [0.15, 0.2) is 36.4 Å². The van der Waals surface area contributed by atoms with Gasteiger partial charge in [-0.2, -0.15) is 0 Å². The zero-order chi connectivity index (χ0) is 27.4. The Hall–Kier alpha value is -2.35. The number of aliphatic hydroxyl groups excluding tert-OH is 1. The Kier molecular flexibility index (Phi) is 7.16. The number of amides is 1. The number of carbonyl (C=O) groups is 2. The van der Waals surface area contributed by atoms with Crippen LogP contribution in [0.25, 0.3) is 0 Å². The number of rotatable bonds is 5. The van der Waals surface area contributed by atoms with Crippen molar-refractivity contribution in [3.8, 4) is 0 Å². The van der Waals surface area contributed by atoms with Gasteiger partial charge in [-0.05, 0) is 72.8 Å². The first-order chi connectivity index (χ1) is 17.9. The van der Waals surface area contributed by atoms with Crippen LogP contribution in [-0.4, -0.2) is 35.0 Å². The summed E-state index contributed by atoms with van der Waals surface area (Å²) in [6.07, 6.45) is 3.19. The van der Waals surface area contributed by atoms with Crippen molar-refractivity contribution < 1.29 is 23.5 Å². The molecule has 0 bridgehead atoms. The summed E-state index contributed by atoms with van der Waals surface area (Å²) >= 11 is 6.26. The van der Waals surface area contributed by atoms with E-state index in [9.17, 15) is 19.1 Å². The predicted octanol–water partition coefficient (Wildman–Crippen LogP) is 5.88. The normalized spacial score (nSPS) is 30.9. The van der Waals surface area contributed by atoms with Crippen molar-refractivity contribution in [2.45, 2.75) is 88.8 Å². The van der Waals surface area contributed by atoms with Gasteiger partial charge in [0.1, 0.15) is 5.41 Å². The molecule has 8 heteroatoms. The Morgan fingerprint density at radius 2 is 1.84 bits per heavy atom. The van der Waals surface area contributed by atoms with Crippen molar-refractivity contribution >= 4 is 29.0 Å². The maximum absolute atomic E-state index is 15.6. The van der Waals surface area contributed by atoms with Gasteiger partial charge >= 0.3 is 0 Å². The molecule has 204 valence electrons. The molecule has 1 saturated heterocycles. The average molecular weight is 545 g/mol. The van der Waals surface area contributed by atoms with Crippen LogP contribution in [0.2, 0.25) is 5.02 Å². The number of Topliss-reactive ketones (excluding diaryl/α,β-unsaturated/α-hetero) is 1. The summed E-state index contributed by atoms with van der Waals surface area (Å²) in [6, 6.07) is 7.69. The maximum atomic E-state index is 15.6. The van der Waals surface area contributed by atoms with Gasteiger partial charge < -0.3 is 15.7 Å². The number of benzene rings is 2. The lowest BCUT2D eigenvalue weighted by atomic mass is 9.62. The molecule has 2 heterocycles. The van der Waals surface area contributed by atoms with Crippen molar-refractivity contribution in [2.75, 3.05) is 5.32 Å². The van der Waals surface area contributed by atoms with Crippen molar-refractivity contribution in [2.24, 2.45) is 11.3 Å². The summed E-state index contributed by atoms with van der Waals surface area (Å²) in [4.78, 5) is 28.1. The highest BCUT2D eigenvalue weighted by molar-refractivity contribution is 6.31. The summed E-state index contributed by atoms with van der Waals surface area (Å²) in [5, 5.41) is 16.8. The van der Waals surface area contributed by atoms with Crippen molar-refractivity contribution in [3.05, 3.63) is 64.2 Å². The van der Waals surface area contributed by atoms with Crippen LogP contribution in [0.1, 0.15) is 76.3 Å². The van der Waals surface area contributed by atoms with Gasteiger partial charge in [0.15, 0.2) is 17.4 Å². The van der Waals surface area contributed by atoms with Crippen LogP contribution < -0.4 is 10.6 Å². The molecule has 3 aliphatic rings.